The molecule has 4 heteroatoms. The van der Waals surface area contributed by atoms with Gasteiger partial charge in [-0.25, -0.2) is 4.79 Å². The number of nitrogens with zero attached hydrogens (tertiary/aromatic N) is 1. The average molecular weight is 195 g/mol. The van der Waals surface area contributed by atoms with Gasteiger partial charge in [-0.2, -0.15) is 0 Å². The van der Waals surface area contributed by atoms with Gasteiger partial charge in [-0.15, -0.1) is 0 Å². The molecule has 0 aliphatic carbocycles. The number of aryl methyl sites for hydroxylation is 1. The van der Waals surface area contributed by atoms with Crippen molar-refractivity contribution in [3.05, 3.63) is 29.6 Å². The zero-order chi connectivity index (χ0) is 10.6. The second-order valence-corrected chi connectivity index (χ2v) is 3.01. The molecule has 0 aliphatic rings. The fourth-order valence-corrected chi connectivity index (χ4v) is 1.13. The molecular weight excluding hydrogens is 182 g/mol. The van der Waals surface area contributed by atoms with E-state index >= 15 is 0 Å². The van der Waals surface area contributed by atoms with E-state index in [-0.39, 0.29) is 6.42 Å². The molecule has 0 saturated heterocycles. The SMILES string of the molecule is COC(=O)C(O)Cc1cccc(C)n1. The van der Waals surface area contributed by atoms with Gasteiger partial charge in [0.25, 0.3) is 0 Å². The number of hydrogen-bond acceptors (Lipinski definition) is 4. The highest BCUT2D eigenvalue weighted by Crippen LogP contribution is 2.02. The minimum Gasteiger partial charge on any atom is -0.467 e. The molecule has 14 heavy (non-hydrogen) atoms. The lowest BCUT2D eigenvalue weighted by molar-refractivity contribution is -0.150. The molecule has 0 saturated carbocycles. The molecule has 1 N–H and O–H groups in total. The first-order chi connectivity index (χ1) is 6.63. The molecule has 1 aromatic heterocycles. The first kappa shape index (κ1) is 10.7. The fraction of sp³-hybridized carbons (Fsp3) is 0.400. The van der Waals surface area contributed by atoms with E-state index in [1.807, 2.05) is 19.1 Å². The minimum atomic E-state index is -1.13. The summed E-state index contributed by atoms with van der Waals surface area (Å²) in [4.78, 5) is 15.1. The monoisotopic (exact) mass is 195 g/mol. The summed E-state index contributed by atoms with van der Waals surface area (Å²) >= 11 is 0. The van der Waals surface area contributed by atoms with Crippen LogP contribution in [0.1, 0.15) is 11.4 Å². The number of hydrogen-bond donors (Lipinski definition) is 1. The molecule has 0 fully saturated rings. The Bertz CT molecular complexity index is 325. The summed E-state index contributed by atoms with van der Waals surface area (Å²) in [5.41, 5.74) is 1.54. The second-order valence-electron chi connectivity index (χ2n) is 3.01. The first-order valence-electron chi connectivity index (χ1n) is 4.32. The van der Waals surface area contributed by atoms with E-state index < -0.39 is 12.1 Å². The van der Waals surface area contributed by atoms with Crippen molar-refractivity contribution in [3.8, 4) is 0 Å². The van der Waals surface area contributed by atoms with Gasteiger partial charge < -0.3 is 9.84 Å². The van der Waals surface area contributed by atoms with E-state index in [2.05, 4.69) is 9.72 Å². The highest BCUT2D eigenvalue weighted by molar-refractivity contribution is 5.74. The van der Waals surface area contributed by atoms with Crippen molar-refractivity contribution >= 4 is 5.97 Å². The van der Waals surface area contributed by atoms with Gasteiger partial charge in [0.15, 0.2) is 6.10 Å². The number of aliphatic hydroxyl groups excluding tert-OH is 1. The van der Waals surface area contributed by atoms with Crippen LogP contribution >= 0.6 is 0 Å². The van der Waals surface area contributed by atoms with Crippen LogP contribution in [0.2, 0.25) is 0 Å². The van der Waals surface area contributed by atoms with Gasteiger partial charge >= 0.3 is 5.97 Å². The molecule has 0 spiro atoms. The van der Waals surface area contributed by atoms with Crippen LogP contribution in [0.25, 0.3) is 0 Å². The second kappa shape index (κ2) is 4.72. The summed E-state index contributed by atoms with van der Waals surface area (Å²) < 4.78 is 4.40. The molecule has 0 aromatic carbocycles. The van der Waals surface area contributed by atoms with Crippen LogP contribution in [0.3, 0.4) is 0 Å². The number of aromatic nitrogens is 1. The number of rotatable bonds is 3. The van der Waals surface area contributed by atoms with Crippen molar-refractivity contribution in [2.24, 2.45) is 0 Å². The fourth-order valence-electron chi connectivity index (χ4n) is 1.13. The lowest BCUT2D eigenvalue weighted by atomic mass is 10.2. The number of pyridine rings is 1. The van der Waals surface area contributed by atoms with Gasteiger partial charge in [-0.1, -0.05) is 6.07 Å². The maximum absolute atomic E-state index is 10.9. The van der Waals surface area contributed by atoms with Gasteiger partial charge in [-0.3, -0.25) is 4.98 Å². The van der Waals surface area contributed by atoms with E-state index in [0.717, 1.165) is 5.69 Å². The lowest BCUT2D eigenvalue weighted by Gasteiger charge is -2.07. The zero-order valence-corrected chi connectivity index (χ0v) is 8.23. The topological polar surface area (TPSA) is 59.4 Å². The van der Waals surface area contributed by atoms with Crippen LogP contribution in [-0.4, -0.2) is 29.3 Å². The summed E-state index contributed by atoms with van der Waals surface area (Å²) in [7, 11) is 1.25. The zero-order valence-electron chi connectivity index (χ0n) is 8.23. The van der Waals surface area contributed by atoms with Crippen LogP contribution in [-0.2, 0) is 16.0 Å². The van der Waals surface area contributed by atoms with Crippen molar-refractivity contribution in [2.75, 3.05) is 7.11 Å². The Morgan fingerprint density at radius 3 is 2.93 bits per heavy atom. The standard InChI is InChI=1S/C10H13NO3/c1-7-4-3-5-8(11-7)6-9(12)10(13)14-2/h3-5,9,12H,6H2,1-2H3. The molecule has 1 unspecified atom stereocenters. The molecule has 1 rings (SSSR count). The Morgan fingerprint density at radius 2 is 2.36 bits per heavy atom. The number of methoxy groups -OCH3 is 1. The van der Waals surface area contributed by atoms with Crippen LogP contribution < -0.4 is 0 Å². The van der Waals surface area contributed by atoms with E-state index in [0.29, 0.717) is 5.69 Å². The van der Waals surface area contributed by atoms with Gasteiger partial charge in [-0.05, 0) is 19.1 Å². The predicted octanol–water partition coefficient (Wildman–Crippen LogP) is 0.466. The summed E-state index contributed by atoms with van der Waals surface area (Å²) in [6.45, 7) is 1.86. The maximum Gasteiger partial charge on any atom is 0.335 e. The molecule has 4 nitrogen and oxygen atoms in total. The quantitative estimate of drug-likeness (QED) is 0.712. The smallest absolute Gasteiger partial charge is 0.335 e. The number of carbonyl (C=O) groups is 1. The molecular formula is C10H13NO3. The van der Waals surface area contributed by atoms with Crippen LogP contribution in [0.5, 0.6) is 0 Å². The van der Waals surface area contributed by atoms with Crippen molar-refractivity contribution in [2.45, 2.75) is 19.4 Å². The molecule has 76 valence electrons. The van der Waals surface area contributed by atoms with Gasteiger partial charge in [0.2, 0.25) is 0 Å². The van der Waals surface area contributed by atoms with Crippen molar-refractivity contribution in [3.63, 3.8) is 0 Å². The molecule has 1 heterocycles. The van der Waals surface area contributed by atoms with E-state index in [1.54, 1.807) is 6.07 Å². The Hall–Kier alpha value is -1.42. The third kappa shape index (κ3) is 2.81. The summed E-state index contributed by atoms with van der Waals surface area (Å²) in [5.74, 6) is -0.631. The Morgan fingerprint density at radius 1 is 1.64 bits per heavy atom. The first-order valence-corrected chi connectivity index (χ1v) is 4.32. The van der Waals surface area contributed by atoms with E-state index in [4.69, 9.17) is 0 Å². The summed E-state index contributed by atoms with van der Waals surface area (Å²) in [5, 5.41) is 9.35. The number of ether oxygens (including phenoxy) is 1. The van der Waals surface area contributed by atoms with Crippen molar-refractivity contribution in [1.29, 1.82) is 0 Å². The third-order valence-corrected chi connectivity index (χ3v) is 1.82. The van der Waals surface area contributed by atoms with Crippen LogP contribution in [0.15, 0.2) is 18.2 Å². The Kier molecular flexibility index (Phi) is 3.59. The predicted molar refractivity (Wildman–Crippen MR) is 50.7 cm³/mol. The largest absolute Gasteiger partial charge is 0.467 e. The molecule has 1 atom stereocenters. The van der Waals surface area contributed by atoms with Crippen LogP contribution in [0, 0.1) is 6.92 Å². The normalized spacial score (nSPS) is 12.2. The van der Waals surface area contributed by atoms with Crippen molar-refractivity contribution in [1.82, 2.24) is 4.98 Å². The molecule has 0 amide bonds. The highest BCUT2D eigenvalue weighted by Gasteiger charge is 2.16. The molecule has 0 radical (unpaired) electrons. The summed E-state index contributed by atoms with van der Waals surface area (Å²) in [6.07, 6.45) is -0.941. The lowest BCUT2D eigenvalue weighted by Crippen LogP contribution is -2.24. The number of aliphatic hydroxyl groups is 1. The number of carbonyl (C=O) groups excluding carboxylic acids is 1. The van der Waals surface area contributed by atoms with Gasteiger partial charge in [0, 0.05) is 17.8 Å². The summed E-state index contributed by atoms with van der Waals surface area (Å²) in [6, 6.07) is 5.45. The molecule has 1 aromatic rings. The average Bonchev–Trinajstić information content (AvgIpc) is 2.16. The highest BCUT2D eigenvalue weighted by atomic mass is 16.5. The minimum absolute atomic E-state index is 0.189. The Labute approximate surface area is 82.5 Å². The third-order valence-electron chi connectivity index (χ3n) is 1.82. The van der Waals surface area contributed by atoms with E-state index in [9.17, 15) is 9.90 Å². The maximum atomic E-state index is 10.9. The van der Waals surface area contributed by atoms with E-state index in [1.165, 1.54) is 7.11 Å². The molecule has 0 aliphatic heterocycles. The Balaban J connectivity index is 2.64. The van der Waals surface area contributed by atoms with Gasteiger partial charge in [0.05, 0.1) is 7.11 Å². The van der Waals surface area contributed by atoms with Gasteiger partial charge in [0.1, 0.15) is 0 Å². The van der Waals surface area contributed by atoms with Crippen molar-refractivity contribution < 1.29 is 14.6 Å². The van der Waals surface area contributed by atoms with Crippen LogP contribution in [0.4, 0.5) is 0 Å². The number of esters is 1. The molecule has 0 bridgehead atoms.